The van der Waals surface area contributed by atoms with E-state index in [1.165, 1.54) is 17.0 Å². The Bertz CT molecular complexity index is 1300. The highest BCUT2D eigenvalue weighted by Crippen LogP contribution is 2.33. The number of carbonyl (C=O) groups excluding carboxylic acids is 3. The number of thioether (sulfide) groups is 2. The van der Waals surface area contributed by atoms with E-state index < -0.39 is 11.8 Å². The number of carbonyl (C=O) groups is 3. The molecule has 6 nitrogen and oxygen atoms in total. The predicted octanol–water partition coefficient (Wildman–Crippen LogP) is 5.11. The van der Waals surface area contributed by atoms with Crippen molar-refractivity contribution < 1.29 is 18.8 Å². The first-order valence-corrected chi connectivity index (χ1v) is 13.3. The molecule has 0 aromatic heterocycles. The van der Waals surface area contributed by atoms with Crippen LogP contribution >= 0.6 is 63.9 Å². The maximum Gasteiger partial charge on any atom is 0.285 e. The zero-order valence-corrected chi connectivity index (χ0v) is 22.5. The van der Waals surface area contributed by atoms with E-state index in [9.17, 15) is 18.8 Å². The van der Waals surface area contributed by atoms with Crippen LogP contribution in [-0.2, 0) is 14.4 Å². The maximum atomic E-state index is 13.1. The molecule has 0 spiro atoms. The van der Waals surface area contributed by atoms with Crippen LogP contribution in [0.25, 0.3) is 12.2 Å². The van der Waals surface area contributed by atoms with Crippen molar-refractivity contribution in [2.24, 2.45) is 0 Å². The smallest absolute Gasteiger partial charge is 0.285 e. The van der Waals surface area contributed by atoms with Gasteiger partial charge in [-0.15, -0.1) is 0 Å². The summed E-state index contributed by atoms with van der Waals surface area (Å²) in [4.78, 5) is 40.1. The van der Waals surface area contributed by atoms with Gasteiger partial charge < -0.3 is 0 Å². The molecular formula is C23H15BrFN3O3S4. The Labute approximate surface area is 228 Å². The fourth-order valence-electron chi connectivity index (χ4n) is 3.07. The molecule has 0 radical (unpaired) electrons. The van der Waals surface area contributed by atoms with E-state index in [2.05, 4.69) is 21.4 Å². The fraction of sp³-hybridized carbons (Fsp3) is 0.0870. The third kappa shape index (κ3) is 6.25. The molecule has 2 aromatic rings. The topological polar surface area (TPSA) is 69.7 Å². The number of hydrogen-bond donors (Lipinski definition) is 1. The van der Waals surface area contributed by atoms with Crippen molar-refractivity contribution in [1.29, 1.82) is 0 Å². The Morgan fingerprint density at radius 2 is 1.46 bits per heavy atom. The van der Waals surface area contributed by atoms with Crippen molar-refractivity contribution in [2.75, 3.05) is 6.54 Å². The molecule has 4 rings (SSSR count). The average molecular weight is 609 g/mol. The highest BCUT2D eigenvalue weighted by Gasteiger charge is 2.35. The third-order valence-electron chi connectivity index (χ3n) is 4.80. The van der Waals surface area contributed by atoms with Crippen LogP contribution in [0.2, 0.25) is 0 Å². The van der Waals surface area contributed by atoms with Crippen LogP contribution < -0.4 is 5.43 Å². The lowest BCUT2D eigenvalue weighted by Crippen LogP contribution is -2.46. The second kappa shape index (κ2) is 11.1. The summed E-state index contributed by atoms with van der Waals surface area (Å²) in [7, 11) is 0. The molecule has 2 heterocycles. The number of nitrogens with zero attached hydrogens (tertiary/aromatic N) is 2. The first kappa shape index (κ1) is 25.7. The van der Waals surface area contributed by atoms with Gasteiger partial charge in [-0.1, -0.05) is 75.9 Å². The molecule has 3 amide bonds. The minimum absolute atomic E-state index is 0.0424. The van der Waals surface area contributed by atoms with Crippen LogP contribution in [0.3, 0.4) is 0 Å². The van der Waals surface area contributed by atoms with Gasteiger partial charge in [0, 0.05) is 17.4 Å². The number of thiocarbonyl (C=S) groups is 2. The summed E-state index contributed by atoms with van der Waals surface area (Å²) in [6.07, 6.45) is 3.24. The van der Waals surface area contributed by atoms with Gasteiger partial charge in [0.05, 0.1) is 9.81 Å². The molecule has 0 unspecified atom stereocenters. The summed E-state index contributed by atoms with van der Waals surface area (Å²) < 4.78 is 14.6. The Hall–Kier alpha value is -2.38. The molecule has 0 aliphatic carbocycles. The van der Waals surface area contributed by atoms with E-state index in [1.54, 1.807) is 24.3 Å². The van der Waals surface area contributed by atoms with Gasteiger partial charge in [0.1, 0.15) is 10.1 Å². The van der Waals surface area contributed by atoms with Gasteiger partial charge in [-0.05, 0) is 59.8 Å². The zero-order valence-electron chi connectivity index (χ0n) is 17.7. The average Bonchev–Trinajstić information content (AvgIpc) is 3.24. The molecule has 1 N–H and O–H groups in total. The maximum absolute atomic E-state index is 13.1. The molecule has 12 heteroatoms. The van der Waals surface area contributed by atoms with E-state index in [-0.39, 0.29) is 29.0 Å². The van der Waals surface area contributed by atoms with Crippen molar-refractivity contribution in [3.63, 3.8) is 0 Å². The van der Waals surface area contributed by atoms with Gasteiger partial charge in [-0.25, -0.2) is 4.39 Å². The fourth-order valence-corrected chi connectivity index (χ4v) is 5.82. The molecule has 2 aliphatic rings. The highest BCUT2D eigenvalue weighted by atomic mass is 79.9. The second-order valence-corrected chi connectivity index (χ2v) is 11.5. The molecular weight excluding hydrogens is 593 g/mol. The normalized spacial score (nSPS) is 18.3. The number of hydrazine groups is 1. The van der Waals surface area contributed by atoms with Gasteiger partial charge in [0.15, 0.2) is 4.32 Å². The van der Waals surface area contributed by atoms with Crippen LogP contribution in [0.5, 0.6) is 0 Å². The largest absolute Gasteiger partial charge is 0.292 e. The van der Waals surface area contributed by atoms with Crippen LogP contribution in [0.4, 0.5) is 4.39 Å². The molecule has 0 atom stereocenters. The Balaban J connectivity index is 1.35. The van der Waals surface area contributed by atoms with Crippen LogP contribution in [0, 0.1) is 5.82 Å². The quantitative estimate of drug-likeness (QED) is 0.361. The van der Waals surface area contributed by atoms with Crippen molar-refractivity contribution in [2.45, 2.75) is 6.42 Å². The second-order valence-electron chi connectivity index (χ2n) is 7.24. The Morgan fingerprint density at radius 1 is 0.914 bits per heavy atom. The van der Waals surface area contributed by atoms with Crippen LogP contribution in [0.1, 0.15) is 17.5 Å². The van der Waals surface area contributed by atoms with Gasteiger partial charge in [0.2, 0.25) is 5.91 Å². The first-order valence-electron chi connectivity index (χ1n) is 10.1. The Kier molecular flexibility index (Phi) is 8.17. The van der Waals surface area contributed by atoms with Crippen molar-refractivity contribution in [3.05, 3.63) is 79.8 Å². The molecule has 178 valence electrons. The van der Waals surface area contributed by atoms with Crippen molar-refractivity contribution >= 4 is 102 Å². The summed E-state index contributed by atoms with van der Waals surface area (Å²) in [5.41, 5.74) is 3.99. The number of rotatable bonds is 6. The minimum atomic E-state index is -0.484. The summed E-state index contributed by atoms with van der Waals surface area (Å²) in [5, 5.41) is 1.03. The lowest BCUT2D eigenvalue weighted by atomic mass is 10.2. The SMILES string of the molecule is O=C(CCN1C(=O)/C(=C\c2ccc(F)cc2)SC1=S)NN1C(=O)/C(=C\c2ccc(Br)cc2)SC1=S. The van der Waals surface area contributed by atoms with E-state index in [0.29, 0.717) is 19.7 Å². The highest BCUT2D eigenvalue weighted by molar-refractivity contribution is 9.10. The molecule has 2 aliphatic heterocycles. The summed E-state index contributed by atoms with van der Waals surface area (Å²) in [6.45, 7) is 0.0424. The molecule has 2 aromatic carbocycles. The van der Waals surface area contributed by atoms with Gasteiger partial charge in [-0.3, -0.25) is 24.7 Å². The van der Waals surface area contributed by atoms with E-state index in [1.807, 2.05) is 24.3 Å². The van der Waals surface area contributed by atoms with Crippen LogP contribution in [0.15, 0.2) is 62.8 Å². The number of amides is 3. The molecule has 0 bridgehead atoms. The molecule has 2 fully saturated rings. The standard InChI is InChI=1S/C23H15BrFN3O3S4/c24-15-5-1-13(2-6-15)12-18-21(31)28(23(33)35-18)26-19(29)9-10-27-20(30)17(34-22(27)32)11-14-3-7-16(25)8-4-14/h1-8,11-12H,9-10H2,(H,26,29)/b17-11+,18-12+. The first-order chi connectivity index (χ1) is 16.7. The molecule has 35 heavy (non-hydrogen) atoms. The van der Waals surface area contributed by atoms with Crippen molar-refractivity contribution in [3.8, 4) is 0 Å². The number of hydrogen-bond acceptors (Lipinski definition) is 7. The van der Waals surface area contributed by atoms with E-state index in [4.69, 9.17) is 24.4 Å². The summed E-state index contributed by atoms with van der Waals surface area (Å²) in [6, 6.07) is 13.1. The summed E-state index contributed by atoms with van der Waals surface area (Å²) >= 11 is 16.1. The number of benzene rings is 2. The lowest BCUT2D eigenvalue weighted by molar-refractivity contribution is -0.133. The lowest BCUT2D eigenvalue weighted by Gasteiger charge is -2.18. The van der Waals surface area contributed by atoms with Crippen LogP contribution in [-0.4, -0.2) is 42.8 Å². The molecule has 0 saturated carbocycles. The zero-order chi connectivity index (χ0) is 25.1. The minimum Gasteiger partial charge on any atom is -0.292 e. The number of nitrogens with one attached hydrogen (secondary N) is 1. The summed E-state index contributed by atoms with van der Waals surface area (Å²) in [5.74, 6) is -1.61. The predicted molar refractivity (Wildman–Crippen MR) is 148 cm³/mol. The number of halogens is 2. The van der Waals surface area contributed by atoms with Gasteiger partial charge in [0.25, 0.3) is 11.8 Å². The Morgan fingerprint density at radius 3 is 2.09 bits per heavy atom. The van der Waals surface area contributed by atoms with Crippen molar-refractivity contribution in [1.82, 2.24) is 15.3 Å². The monoisotopic (exact) mass is 607 g/mol. The van der Waals surface area contributed by atoms with E-state index >= 15 is 0 Å². The molecule has 2 saturated heterocycles. The van der Waals surface area contributed by atoms with Gasteiger partial charge >= 0.3 is 0 Å². The van der Waals surface area contributed by atoms with E-state index in [0.717, 1.165) is 38.6 Å². The third-order valence-corrected chi connectivity index (χ3v) is 8.01. The van der Waals surface area contributed by atoms with Gasteiger partial charge in [-0.2, -0.15) is 5.01 Å².